The highest BCUT2D eigenvalue weighted by Crippen LogP contribution is 2.17. The Morgan fingerprint density at radius 2 is 0.980 bits per heavy atom. The van der Waals surface area contributed by atoms with Gasteiger partial charge < -0.3 is 20.3 Å². The summed E-state index contributed by atoms with van der Waals surface area (Å²) in [5.74, 6) is -0.492. The molecule has 0 saturated heterocycles. The highest BCUT2D eigenvalue weighted by atomic mass is 16.5. The van der Waals surface area contributed by atoms with Crippen LogP contribution >= 0.6 is 0 Å². The van der Waals surface area contributed by atoms with Crippen molar-refractivity contribution in [2.24, 2.45) is 0 Å². The number of aliphatic hydroxyl groups is 2. The molecule has 0 radical (unpaired) electrons. The lowest BCUT2D eigenvalue weighted by molar-refractivity contribution is -0.151. The van der Waals surface area contributed by atoms with E-state index in [2.05, 4.69) is 38.2 Å². The zero-order chi connectivity index (χ0) is 36.0. The third-order valence-electron chi connectivity index (χ3n) is 9.84. The van der Waals surface area contributed by atoms with Gasteiger partial charge in [0, 0.05) is 6.42 Å². The Balaban J connectivity index is 4.49. The van der Waals surface area contributed by atoms with Crippen molar-refractivity contribution in [2.75, 3.05) is 6.61 Å². The highest BCUT2D eigenvalue weighted by Gasteiger charge is 2.24. The lowest BCUT2D eigenvalue weighted by atomic mass is 10.0. The Kier molecular flexibility index (Phi) is 36.8. The first-order valence-corrected chi connectivity index (χ1v) is 21.4. The fourth-order valence-electron chi connectivity index (χ4n) is 6.54. The van der Waals surface area contributed by atoms with Gasteiger partial charge in [-0.2, -0.15) is 0 Å². The number of aliphatic hydroxyl groups excluding tert-OH is 2. The van der Waals surface area contributed by atoms with Gasteiger partial charge in [-0.15, -0.1) is 0 Å². The number of amides is 1. The van der Waals surface area contributed by atoms with Crippen molar-refractivity contribution < 1.29 is 24.5 Å². The summed E-state index contributed by atoms with van der Waals surface area (Å²) in [4.78, 5) is 25.8. The lowest BCUT2D eigenvalue weighted by Gasteiger charge is -2.24. The zero-order valence-corrected chi connectivity index (χ0v) is 32.8. The van der Waals surface area contributed by atoms with Gasteiger partial charge in [0.2, 0.25) is 5.91 Å². The van der Waals surface area contributed by atoms with Gasteiger partial charge in [-0.3, -0.25) is 9.59 Å². The lowest BCUT2D eigenvalue weighted by Crippen LogP contribution is -2.46. The molecule has 0 aliphatic heterocycles. The molecule has 49 heavy (non-hydrogen) atoms. The van der Waals surface area contributed by atoms with Crippen molar-refractivity contribution >= 4 is 11.9 Å². The number of hydrogen-bond acceptors (Lipinski definition) is 5. The molecule has 0 aliphatic carbocycles. The molecule has 0 aromatic rings. The molecule has 0 heterocycles. The number of rotatable bonds is 38. The minimum Gasteiger partial charge on any atom is -0.462 e. The summed E-state index contributed by atoms with van der Waals surface area (Å²) >= 11 is 0. The second-order valence-electron chi connectivity index (χ2n) is 14.7. The van der Waals surface area contributed by atoms with Crippen LogP contribution in [-0.2, 0) is 14.3 Å². The van der Waals surface area contributed by atoms with Crippen LogP contribution in [0.15, 0.2) is 12.2 Å². The van der Waals surface area contributed by atoms with Crippen LogP contribution in [-0.4, -0.2) is 46.9 Å². The van der Waals surface area contributed by atoms with Crippen LogP contribution in [0.2, 0.25) is 0 Å². The predicted octanol–water partition coefficient (Wildman–Crippen LogP) is 11.8. The van der Waals surface area contributed by atoms with Crippen LogP contribution in [0.3, 0.4) is 0 Å². The Bertz CT molecular complexity index is 742. The molecule has 6 nitrogen and oxygen atoms in total. The van der Waals surface area contributed by atoms with Gasteiger partial charge in [0.05, 0.1) is 25.2 Å². The molecule has 0 rings (SSSR count). The van der Waals surface area contributed by atoms with Crippen molar-refractivity contribution in [3.05, 3.63) is 12.2 Å². The van der Waals surface area contributed by atoms with Crippen LogP contribution in [0.1, 0.15) is 226 Å². The average molecular weight is 694 g/mol. The number of nitrogens with one attached hydrogen (secondary N) is 1. The summed E-state index contributed by atoms with van der Waals surface area (Å²) in [6.45, 7) is 6.41. The zero-order valence-electron chi connectivity index (χ0n) is 32.8. The van der Waals surface area contributed by atoms with E-state index in [4.69, 9.17) is 4.74 Å². The van der Waals surface area contributed by atoms with E-state index in [0.29, 0.717) is 19.3 Å². The SMILES string of the molecule is CCCCCCCC/C=C\CCCCCC(=O)OC(CCCCCCCCC)CC(=O)NC(CO)C(O)CCCCCCCCCCCC. The van der Waals surface area contributed by atoms with Crippen LogP contribution in [0, 0.1) is 0 Å². The van der Waals surface area contributed by atoms with Gasteiger partial charge >= 0.3 is 5.97 Å². The van der Waals surface area contributed by atoms with Gasteiger partial charge in [-0.25, -0.2) is 0 Å². The second kappa shape index (κ2) is 37.8. The fourth-order valence-corrected chi connectivity index (χ4v) is 6.54. The summed E-state index contributed by atoms with van der Waals surface area (Å²) in [5.41, 5.74) is 0. The summed E-state index contributed by atoms with van der Waals surface area (Å²) in [6, 6.07) is -0.694. The number of esters is 1. The topological polar surface area (TPSA) is 95.9 Å². The third-order valence-corrected chi connectivity index (χ3v) is 9.84. The van der Waals surface area contributed by atoms with E-state index >= 15 is 0 Å². The number of ether oxygens (including phenoxy) is 1. The summed E-state index contributed by atoms with van der Waals surface area (Å²) in [7, 11) is 0. The van der Waals surface area contributed by atoms with E-state index in [1.54, 1.807) is 0 Å². The number of allylic oxidation sites excluding steroid dienone is 2. The third kappa shape index (κ3) is 33.5. The minimum absolute atomic E-state index is 0.0758. The Morgan fingerprint density at radius 3 is 1.45 bits per heavy atom. The Hall–Kier alpha value is -1.40. The first-order valence-electron chi connectivity index (χ1n) is 21.4. The smallest absolute Gasteiger partial charge is 0.306 e. The van der Waals surface area contributed by atoms with Crippen LogP contribution in [0.5, 0.6) is 0 Å². The van der Waals surface area contributed by atoms with E-state index in [9.17, 15) is 19.8 Å². The maximum atomic E-state index is 13.0. The Morgan fingerprint density at radius 1 is 0.571 bits per heavy atom. The van der Waals surface area contributed by atoms with Crippen LogP contribution < -0.4 is 5.32 Å². The van der Waals surface area contributed by atoms with Crippen molar-refractivity contribution in [3.8, 4) is 0 Å². The highest BCUT2D eigenvalue weighted by molar-refractivity contribution is 5.77. The molecule has 1 amide bonds. The maximum absolute atomic E-state index is 13.0. The Labute approximate surface area is 304 Å². The molecule has 3 unspecified atom stereocenters. The van der Waals surface area contributed by atoms with Crippen LogP contribution in [0.4, 0.5) is 0 Å². The summed E-state index contributed by atoms with van der Waals surface area (Å²) in [5, 5.41) is 23.5. The largest absolute Gasteiger partial charge is 0.462 e. The molecule has 0 aromatic carbocycles. The molecule has 290 valence electrons. The summed E-state index contributed by atoms with van der Waals surface area (Å²) in [6.07, 6.45) is 38.5. The van der Waals surface area contributed by atoms with Crippen molar-refractivity contribution in [1.82, 2.24) is 5.32 Å². The standard InChI is InChI=1S/C43H83NO5/c1-4-7-10-13-16-18-20-21-22-24-27-30-33-36-43(48)49-39(34-31-28-25-15-12-9-6-3)37-42(47)44-40(38-45)41(46)35-32-29-26-23-19-17-14-11-8-5-2/h21-22,39-41,45-46H,4-20,23-38H2,1-3H3,(H,44,47)/b22-21-. The predicted molar refractivity (Wildman–Crippen MR) is 209 cm³/mol. The van der Waals surface area contributed by atoms with Crippen molar-refractivity contribution in [2.45, 2.75) is 244 Å². The fraction of sp³-hybridized carbons (Fsp3) is 0.907. The molecule has 3 N–H and O–H groups in total. The van der Waals surface area contributed by atoms with Crippen molar-refractivity contribution in [1.29, 1.82) is 0 Å². The monoisotopic (exact) mass is 694 g/mol. The molecule has 0 saturated carbocycles. The van der Waals surface area contributed by atoms with Gasteiger partial charge in [-0.05, 0) is 51.4 Å². The number of carbonyl (C=O) groups is 2. The maximum Gasteiger partial charge on any atom is 0.306 e. The second-order valence-corrected chi connectivity index (χ2v) is 14.7. The quantitative estimate of drug-likeness (QED) is 0.0340. The average Bonchev–Trinajstić information content (AvgIpc) is 3.09. The van der Waals surface area contributed by atoms with Gasteiger partial charge in [0.1, 0.15) is 6.10 Å². The number of unbranched alkanes of at least 4 members (excludes halogenated alkanes) is 24. The molecular formula is C43H83NO5. The first kappa shape index (κ1) is 47.6. The van der Waals surface area contributed by atoms with Crippen molar-refractivity contribution in [3.63, 3.8) is 0 Å². The number of carbonyl (C=O) groups excluding carboxylic acids is 2. The molecule has 3 atom stereocenters. The molecule has 0 aromatic heterocycles. The normalized spacial score (nSPS) is 13.5. The van der Waals surface area contributed by atoms with Crippen LogP contribution in [0.25, 0.3) is 0 Å². The summed E-state index contributed by atoms with van der Waals surface area (Å²) < 4.78 is 5.85. The first-order chi connectivity index (χ1) is 24.0. The molecular weight excluding hydrogens is 610 g/mol. The molecule has 0 fully saturated rings. The van der Waals surface area contributed by atoms with E-state index in [-0.39, 0.29) is 24.9 Å². The molecule has 0 spiro atoms. The molecule has 0 aliphatic rings. The van der Waals surface area contributed by atoms with Gasteiger partial charge in [0.25, 0.3) is 0 Å². The molecule has 6 heteroatoms. The van der Waals surface area contributed by atoms with E-state index in [1.807, 2.05) is 0 Å². The van der Waals surface area contributed by atoms with E-state index < -0.39 is 18.2 Å². The van der Waals surface area contributed by atoms with Gasteiger partial charge in [0.15, 0.2) is 0 Å². The molecule has 0 bridgehead atoms. The van der Waals surface area contributed by atoms with E-state index in [1.165, 1.54) is 122 Å². The minimum atomic E-state index is -0.780. The van der Waals surface area contributed by atoms with E-state index in [0.717, 1.165) is 57.8 Å². The number of hydrogen-bond donors (Lipinski definition) is 3. The van der Waals surface area contributed by atoms with Gasteiger partial charge in [-0.1, -0.05) is 174 Å².